The first kappa shape index (κ1) is 15.9. The summed E-state index contributed by atoms with van der Waals surface area (Å²) in [5.74, 6) is 0. The summed E-state index contributed by atoms with van der Waals surface area (Å²) in [6, 6.07) is 11.0. The highest BCUT2D eigenvalue weighted by molar-refractivity contribution is 7.80. The van der Waals surface area contributed by atoms with Gasteiger partial charge in [0, 0.05) is 30.2 Å². The number of likely N-dealkylation sites (tertiary alicyclic amines) is 1. The third-order valence-electron chi connectivity index (χ3n) is 3.57. The van der Waals surface area contributed by atoms with Crippen LogP contribution >= 0.6 is 12.2 Å². The van der Waals surface area contributed by atoms with Crippen LogP contribution in [0.4, 0.5) is 0 Å². The summed E-state index contributed by atoms with van der Waals surface area (Å²) in [7, 11) is 0. The van der Waals surface area contributed by atoms with Crippen molar-refractivity contribution < 1.29 is 4.90 Å². The molecule has 0 radical (unpaired) electrons. The molecule has 3 N–H and O–H groups in total. The molecule has 1 aromatic rings. The lowest BCUT2D eigenvalue weighted by Crippen LogP contribution is -3.11. The zero-order valence-corrected chi connectivity index (χ0v) is 13.7. The molecule has 0 atom stereocenters. The van der Waals surface area contributed by atoms with Crippen LogP contribution in [0.5, 0.6) is 0 Å². The van der Waals surface area contributed by atoms with Crippen LogP contribution in [0.1, 0.15) is 32.3 Å². The minimum absolute atomic E-state index is 0.336. The molecule has 21 heavy (non-hydrogen) atoms. The summed E-state index contributed by atoms with van der Waals surface area (Å²) in [6.45, 7) is 7.51. The standard InChI is InChI=1S/C16H24N4S/c1-13(2)17-16(21)19-18-15-8-10-20(11-9-15)12-14-6-4-3-5-7-14/h3-7,13H,8-12H2,1-2H3,(H2,17,19,21)/p+1. The number of nitrogens with one attached hydrogen (secondary N) is 3. The van der Waals surface area contributed by atoms with Gasteiger partial charge in [0.2, 0.25) is 0 Å². The molecule has 0 aromatic heterocycles. The fraction of sp³-hybridized carbons (Fsp3) is 0.500. The highest BCUT2D eigenvalue weighted by Gasteiger charge is 2.18. The van der Waals surface area contributed by atoms with Gasteiger partial charge in [-0.25, -0.2) is 0 Å². The zero-order valence-electron chi connectivity index (χ0n) is 12.9. The van der Waals surface area contributed by atoms with Gasteiger partial charge in [0.15, 0.2) is 5.11 Å². The van der Waals surface area contributed by atoms with Gasteiger partial charge in [0.1, 0.15) is 6.54 Å². The zero-order chi connectivity index (χ0) is 15.1. The van der Waals surface area contributed by atoms with Crippen molar-refractivity contribution in [2.24, 2.45) is 5.10 Å². The van der Waals surface area contributed by atoms with Gasteiger partial charge in [0.05, 0.1) is 13.1 Å². The second kappa shape index (κ2) is 8.10. The number of rotatable bonds is 4. The van der Waals surface area contributed by atoms with Gasteiger partial charge in [-0.1, -0.05) is 30.3 Å². The van der Waals surface area contributed by atoms with Gasteiger partial charge in [0.25, 0.3) is 0 Å². The highest BCUT2D eigenvalue weighted by Crippen LogP contribution is 1.99. The summed E-state index contributed by atoms with van der Waals surface area (Å²) in [5.41, 5.74) is 5.58. The maximum atomic E-state index is 5.17. The highest BCUT2D eigenvalue weighted by atomic mass is 32.1. The lowest BCUT2D eigenvalue weighted by molar-refractivity contribution is -0.914. The number of hydrazone groups is 1. The minimum atomic E-state index is 0.336. The van der Waals surface area contributed by atoms with Crippen molar-refractivity contribution in [3.63, 3.8) is 0 Å². The lowest BCUT2D eigenvalue weighted by atomic mass is 10.1. The number of piperidine rings is 1. The fourth-order valence-electron chi connectivity index (χ4n) is 2.49. The first-order valence-electron chi connectivity index (χ1n) is 7.63. The number of nitrogens with zero attached hydrogens (tertiary/aromatic N) is 1. The molecule has 1 fully saturated rings. The van der Waals surface area contributed by atoms with E-state index in [9.17, 15) is 0 Å². The quantitative estimate of drug-likeness (QED) is 0.576. The van der Waals surface area contributed by atoms with Crippen LogP contribution in [0.25, 0.3) is 0 Å². The van der Waals surface area contributed by atoms with E-state index in [0.717, 1.165) is 32.5 Å². The van der Waals surface area contributed by atoms with Crippen LogP contribution in [-0.2, 0) is 6.54 Å². The van der Waals surface area contributed by atoms with Gasteiger partial charge in [-0.05, 0) is 26.1 Å². The number of quaternary nitrogens is 1. The average Bonchev–Trinajstić information content (AvgIpc) is 2.47. The Labute approximate surface area is 132 Å². The van der Waals surface area contributed by atoms with Crippen LogP contribution in [-0.4, -0.2) is 30.0 Å². The molecule has 0 unspecified atom stereocenters. The van der Waals surface area contributed by atoms with Crippen molar-refractivity contribution in [3.8, 4) is 0 Å². The largest absolute Gasteiger partial charge is 0.359 e. The Morgan fingerprint density at radius 3 is 2.52 bits per heavy atom. The first-order chi connectivity index (χ1) is 10.1. The molecular formula is C16H25N4S+. The molecule has 0 spiro atoms. The Morgan fingerprint density at radius 2 is 1.90 bits per heavy atom. The Hall–Kier alpha value is -1.46. The van der Waals surface area contributed by atoms with Crippen LogP contribution in [0.2, 0.25) is 0 Å². The maximum absolute atomic E-state index is 5.17. The molecule has 0 aliphatic carbocycles. The van der Waals surface area contributed by atoms with Gasteiger partial charge in [-0.3, -0.25) is 5.43 Å². The van der Waals surface area contributed by atoms with E-state index in [1.165, 1.54) is 11.3 Å². The number of hydrogen-bond acceptors (Lipinski definition) is 2. The summed E-state index contributed by atoms with van der Waals surface area (Å²) in [4.78, 5) is 1.63. The summed E-state index contributed by atoms with van der Waals surface area (Å²) < 4.78 is 0. The molecule has 1 aliphatic rings. The summed E-state index contributed by atoms with van der Waals surface area (Å²) >= 11 is 5.17. The van der Waals surface area contributed by atoms with Crippen molar-refractivity contribution in [3.05, 3.63) is 35.9 Å². The second-order valence-electron chi connectivity index (χ2n) is 5.83. The molecule has 114 valence electrons. The third kappa shape index (κ3) is 5.81. The Bertz CT molecular complexity index is 474. The summed E-state index contributed by atoms with van der Waals surface area (Å²) in [5, 5.41) is 8.17. The molecule has 1 aromatic carbocycles. The van der Waals surface area contributed by atoms with E-state index in [1.807, 2.05) is 0 Å². The SMILES string of the molecule is CC(C)NC(=S)NN=C1CC[NH+](Cc2ccccc2)CC1. The van der Waals surface area contributed by atoms with Crippen LogP contribution < -0.4 is 15.6 Å². The molecule has 1 aliphatic heterocycles. The van der Waals surface area contributed by atoms with E-state index in [0.29, 0.717) is 11.2 Å². The Kier molecular flexibility index (Phi) is 6.14. The Balaban J connectivity index is 1.74. The molecule has 1 saturated heterocycles. The predicted molar refractivity (Wildman–Crippen MR) is 91.5 cm³/mol. The van der Waals surface area contributed by atoms with E-state index in [4.69, 9.17) is 12.2 Å². The molecule has 0 amide bonds. The topological polar surface area (TPSA) is 40.9 Å². The van der Waals surface area contributed by atoms with Gasteiger partial charge >= 0.3 is 0 Å². The van der Waals surface area contributed by atoms with Crippen molar-refractivity contribution in [1.82, 2.24) is 10.7 Å². The number of hydrogen-bond donors (Lipinski definition) is 3. The van der Waals surface area contributed by atoms with E-state index in [1.54, 1.807) is 4.90 Å². The van der Waals surface area contributed by atoms with E-state index < -0.39 is 0 Å². The van der Waals surface area contributed by atoms with Gasteiger partial charge < -0.3 is 10.2 Å². The first-order valence-corrected chi connectivity index (χ1v) is 8.03. The smallest absolute Gasteiger partial charge is 0.187 e. The Morgan fingerprint density at radius 1 is 1.24 bits per heavy atom. The molecule has 5 heteroatoms. The molecule has 1 heterocycles. The van der Waals surface area contributed by atoms with E-state index in [-0.39, 0.29) is 0 Å². The molecule has 4 nitrogen and oxygen atoms in total. The van der Waals surface area contributed by atoms with Crippen LogP contribution in [0, 0.1) is 0 Å². The van der Waals surface area contributed by atoms with Gasteiger partial charge in [-0.15, -0.1) is 0 Å². The maximum Gasteiger partial charge on any atom is 0.187 e. The average molecular weight is 305 g/mol. The van der Waals surface area contributed by atoms with E-state index in [2.05, 4.69) is 60.0 Å². The molecular weight excluding hydrogens is 280 g/mol. The molecule has 0 saturated carbocycles. The van der Waals surface area contributed by atoms with Crippen molar-refractivity contribution in [2.75, 3.05) is 13.1 Å². The lowest BCUT2D eigenvalue weighted by Gasteiger charge is -2.24. The molecule has 0 bridgehead atoms. The van der Waals surface area contributed by atoms with Gasteiger partial charge in [-0.2, -0.15) is 5.10 Å². The summed E-state index contributed by atoms with van der Waals surface area (Å²) in [6.07, 6.45) is 2.08. The van der Waals surface area contributed by atoms with Crippen molar-refractivity contribution >= 4 is 23.0 Å². The predicted octanol–water partition coefficient (Wildman–Crippen LogP) is 1.09. The minimum Gasteiger partial charge on any atom is -0.359 e. The molecule has 2 rings (SSSR count). The third-order valence-corrected chi connectivity index (χ3v) is 3.78. The number of benzene rings is 1. The number of thiocarbonyl (C=S) groups is 1. The second-order valence-corrected chi connectivity index (χ2v) is 6.24. The van der Waals surface area contributed by atoms with Crippen molar-refractivity contribution in [2.45, 2.75) is 39.3 Å². The fourth-order valence-corrected chi connectivity index (χ4v) is 2.77. The van der Waals surface area contributed by atoms with Crippen LogP contribution in [0.3, 0.4) is 0 Å². The monoisotopic (exact) mass is 305 g/mol. The van der Waals surface area contributed by atoms with Crippen molar-refractivity contribution in [1.29, 1.82) is 0 Å². The van der Waals surface area contributed by atoms with E-state index >= 15 is 0 Å². The normalized spacial score (nSPS) is 18.4. The van der Waals surface area contributed by atoms with Crippen LogP contribution in [0.15, 0.2) is 35.4 Å².